The molecule has 0 aromatic heterocycles. The summed E-state index contributed by atoms with van der Waals surface area (Å²) >= 11 is 0. The van der Waals surface area contributed by atoms with Crippen LogP contribution in [0.25, 0.3) is 0 Å². The fraction of sp³-hybridized carbons (Fsp3) is 0.550. The van der Waals surface area contributed by atoms with Crippen molar-refractivity contribution >= 4 is 17.8 Å². The topological polar surface area (TPSA) is 108 Å². The summed E-state index contributed by atoms with van der Waals surface area (Å²) in [5.41, 5.74) is 0.905. The third kappa shape index (κ3) is 7.02. The summed E-state index contributed by atoms with van der Waals surface area (Å²) in [6.45, 7) is 4.42. The number of amides is 2. The molecular weight excluding hydrogens is 346 g/mol. The van der Waals surface area contributed by atoms with E-state index in [-0.39, 0.29) is 18.4 Å². The Morgan fingerprint density at radius 1 is 1.07 bits per heavy atom. The van der Waals surface area contributed by atoms with Crippen LogP contribution >= 0.6 is 0 Å². The molecule has 4 N–H and O–H groups in total. The van der Waals surface area contributed by atoms with E-state index in [1.54, 1.807) is 24.3 Å². The highest BCUT2D eigenvalue weighted by atomic mass is 16.4. The normalized spacial score (nSPS) is 15.7. The Bertz CT molecular complexity index is 639. The van der Waals surface area contributed by atoms with E-state index in [0.717, 1.165) is 31.8 Å². The van der Waals surface area contributed by atoms with Crippen molar-refractivity contribution in [2.24, 2.45) is 11.8 Å². The molecule has 1 aromatic rings. The van der Waals surface area contributed by atoms with Crippen molar-refractivity contribution in [2.75, 3.05) is 26.2 Å². The first-order chi connectivity index (χ1) is 13.0. The first-order valence-corrected chi connectivity index (χ1v) is 9.57. The Hall–Kier alpha value is -2.41. The summed E-state index contributed by atoms with van der Waals surface area (Å²) in [5, 5.41) is 17.7. The van der Waals surface area contributed by atoms with Gasteiger partial charge < -0.3 is 21.1 Å². The molecular formula is C20H29N3O4. The Labute approximate surface area is 159 Å². The van der Waals surface area contributed by atoms with Gasteiger partial charge in [-0.3, -0.25) is 14.4 Å². The third-order valence-corrected chi connectivity index (χ3v) is 4.93. The van der Waals surface area contributed by atoms with Crippen molar-refractivity contribution in [1.29, 1.82) is 0 Å². The summed E-state index contributed by atoms with van der Waals surface area (Å²) in [4.78, 5) is 35.0. The van der Waals surface area contributed by atoms with Gasteiger partial charge in [-0.1, -0.05) is 6.92 Å². The van der Waals surface area contributed by atoms with Crippen LogP contribution in [-0.4, -0.2) is 49.1 Å². The summed E-state index contributed by atoms with van der Waals surface area (Å²) in [6, 6.07) is 6.37. The molecule has 1 atom stereocenters. The summed E-state index contributed by atoms with van der Waals surface area (Å²) in [7, 11) is 0. The van der Waals surface area contributed by atoms with Crippen molar-refractivity contribution in [3.8, 4) is 0 Å². The third-order valence-electron chi connectivity index (χ3n) is 4.93. The average Bonchev–Trinajstić information content (AvgIpc) is 2.69. The minimum absolute atomic E-state index is 0.0630. The van der Waals surface area contributed by atoms with Gasteiger partial charge in [-0.05, 0) is 69.0 Å². The molecule has 148 valence electrons. The van der Waals surface area contributed by atoms with Crippen LogP contribution < -0.4 is 16.0 Å². The van der Waals surface area contributed by atoms with E-state index in [9.17, 15) is 14.4 Å². The lowest BCUT2D eigenvalue weighted by atomic mass is 9.93. The second-order valence-corrected chi connectivity index (χ2v) is 7.12. The van der Waals surface area contributed by atoms with Crippen molar-refractivity contribution in [3.05, 3.63) is 35.4 Å². The van der Waals surface area contributed by atoms with Gasteiger partial charge in [0.1, 0.15) is 0 Å². The molecule has 0 spiro atoms. The smallest absolute Gasteiger partial charge is 0.308 e. The second kappa shape index (κ2) is 10.7. The lowest BCUT2D eigenvalue weighted by Crippen LogP contribution is -2.31. The molecule has 2 rings (SSSR count). The maximum Gasteiger partial charge on any atom is 0.308 e. The lowest BCUT2D eigenvalue weighted by Gasteiger charge is -2.22. The van der Waals surface area contributed by atoms with Crippen LogP contribution in [0.5, 0.6) is 0 Å². The summed E-state index contributed by atoms with van der Waals surface area (Å²) in [6.07, 6.45) is 4.53. The summed E-state index contributed by atoms with van der Waals surface area (Å²) < 4.78 is 0. The van der Waals surface area contributed by atoms with Crippen LogP contribution in [0.4, 0.5) is 0 Å². The van der Waals surface area contributed by atoms with E-state index in [2.05, 4.69) is 16.0 Å². The Morgan fingerprint density at radius 3 is 2.19 bits per heavy atom. The van der Waals surface area contributed by atoms with Gasteiger partial charge in [0.2, 0.25) is 0 Å². The van der Waals surface area contributed by atoms with E-state index in [4.69, 9.17) is 5.11 Å². The highest BCUT2D eigenvalue weighted by Crippen LogP contribution is 2.17. The van der Waals surface area contributed by atoms with Crippen molar-refractivity contribution < 1.29 is 19.5 Å². The van der Waals surface area contributed by atoms with Crippen LogP contribution in [0.1, 0.15) is 53.3 Å². The van der Waals surface area contributed by atoms with Crippen molar-refractivity contribution in [2.45, 2.75) is 32.6 Å². The zero-order chi connectivity index (χ0) is 19.6. The second-order valence-electron chi connectivity index (χ2n) is 7.12. The number of piperidine rings is 1. The highest BCUT2D eigenvalue weighted by molar-refractivity contribution is 5.97. The maximum atomic E-state index is 12.2. The quantitative estimate of drug-likeness (QED) is 0.491. The van der Waals surface area contributed by atoms with E-state index in [1.165, 1.54) is 19.8 Å². The van der Waals surface area contributed by atoms with E-state index in [0.29, 0.717) is 17.7 Å². The Kier molecular flexibility index (Phi) is 8.26. The molecule has 7 nitrogen and oxygen atoms in total. The number of hydrogen-bond acceptors (Lipinski definition) is 4. The lowest BCUT2D eigenvalue weighted by molar-refractivity contribution is -0.140. The van der Waals surface area contributed by atoms with Gasteiger partial charge in [0.25, 0.3) is 11.8 Å². The maximum absolute atomic E-state index is 12.2. The number of benzene rings is 1. The average molecular weight is 375 g/mol. The number of nitrogens with one attached hydrogen (secondary N) is 3. The van der Waals surface area contributed by atoms with E-state index in [1.807, 2.05) is 0 Å². The number of carboxylic acids is 1. The standard InChI is InChI=1S/C20H29N3O4/c1-14(20(26)27)13-23-19(25)17-6-4-16(5-7-17)18(24)22-10-2-3-15-8-11-21-12-9-15/h4-7,14-15,21H,2-3,8-13H2,1H3,(H,22,24)(H,23,25)(H,26,27)/t14-/m0/s1. The Morgan fingerprint density at radius 2 is 1.63 bits per heavy atom. The van der Waals surface area contributed by atoms with Gasteiger partial charge in [-0.2, -0.15) is 0 Å². The van der Waals surface area contributed by atoms with Crippen LogP contribution in [0.2, 0.25) is 0 Å². The number of carboxylic acid groups (broad SMARTS) is 1. The van der Waals surface area contributed by atoms with Gasteiger partial charge in [-0.25, -0.2) is 0 Å². The van der Waals surface area contributed by atoms with Crippen LogP contribution in [-0.2, 0) is 4.79 Å². The summed E-state index contributed by atoms with van der Waals surface area (Å²) in [5.74, 6) is -1.35. The molecule has 27 heavy (non-hydrogen) atoms. The fourth-order valence-electron chi connectivity index (χ4n) is 3.07. The molecule has 2 amide bonds. The first-order valence-electron chi connectivity index (χ1n) is 9.57. The fourth-order valence-corrected chi connectivity index (χ4v) is 3.07. The van der Waals surface area contributed by atoms with Crippen LogP contribution in [0.15, 0.2) is 24.3 Å². The van der Waals surface area contributed by atoms with Crippen LogP contribution in [0, 0.1) is 11.8 Å². The Balaban J connectivity index is 1.72. The highest BCUT2D eigenvalue weighted by Gasteiger charge is 2.14. The first kappa shape index (κ1) is 20.9. The van der Waals surface area contributed by atoms with Gasteiger partial charge in [0.05, 0.1) is 5.92 Å². The number of rotatable bonds is 9. The zero-order valence-electron chi connectivity index (χ0n) is 15.8. The number of hydrogen-bond donors (Lipinski definition) is 4. The number of carbonyl (C=O) groups excluding carboxylic acids is 2. The molecule has 1 saturated heterocycles. The molecule has 0 bridgehead atoms. The molecule has 0 unspecified atom stereocenters. The van der Waals surface area contributed by atoms with Crippen molar-refractivity contribution in [1.82, 2.24) is 16.0 Å². The largest absolute Gasteiger partial charge is 0.481 e. The molecule has 1 heterocycles. The molecule has 1 aliphatic heterocycles. The zero-order valence-corrected chi connectivity index (χ0v) is 15.8. The van der Waals surface area contributed by atoms with Gasteiger partial charge in [0, 0.05) is 24.2 Å². The predicted molar refractivity (Wildman–Crippen MR) is 103 cm³/mol. The van der Waals surface area contributed by atoms with Gasteiger partial charge in [0.15, 0.2) is 0 Å². The number of carbonyl (C=O) groups is 3. The van der Waals surface area contributed by atoms with Crippen LogP contribution in [0.3, 0.4) is 0 Å². The molecule has 1 fully saturated rings. The molecule has 1 aliphatic rings. The number of aliphatic carboxylic acids is 1. The minimum atomic E-state index is -0.956. The molecule has 0 radical (unpaired) electrons. The van der Waals surface area contributed by atoms with E-state index >= 15 is 0 Å². The van der Waals surface area contributed by atoms with E-state index < -0.39 is 11.9 Å². The van der Waals surface area contributed by atoms with Gasteiger partial charge >= 0.3 is 5.97 Å². The monoisotopic (exact) mass is 375 g/mol. The molecule has 1 aromatic carbocycles. The van der Waals surface area contributed by atoms with Gasteiger partial charge in [-0.15, -0.1) is 0 Å². The molecule has 7 heteroatoms. The molecule has 0 saturated carbocycles. The SMILES string of the molecule is C[C@@H](CNC(=O)c1ccc(C(=O)NCCCC2CCNCC2)cc1)C(=O)O. The predicted octanol–water partition coefficient (Wildman–Crippen LogP) is 1.65. The molecule has 0 aliphatic carbocycles. The minimum Gasteiger partial charge on any atom is -0.481 e. The van der Waals surface area contributed by atoms with Crippen molar-refractivity contribution in [3.63, 3.8) is 0 Å².